The number of amides is 1. The molecule has 1 aliphatic rings. The molecule has 0 aliphatic carbocycles. The summed E-state index contributed by atoms with van der Waals surface area (Å²) in [5.74, 6) is 0.260. The second kappa shape index (κ2) is 9.58. The van der Waals surface area contributed by atoms with Crippen LogP contribution in [-0.4, -0.2) is 51.9 Å². The fourth-order valence-corrected chi connectivity index (χ4v) is 3.72. The highest BCUT2D eigenvalue weighted by Crippen LogP contribution is 2.30. The van der Waals surface area contributed by atoms with Gasteiger partial charge >= 0.3 is 0 Å². The summed E-state index contributed by atoms with van der Waals surface area (Å²) >= 11 is 6.06. The standard InChI is InChI=1S/C23H24ClFN6O/c1-14(2)17-13-28-21(16-11-15(24)3-4-19(16)25)30-22(17)29-20-5-6-27-12-18(20)23(32)31-9-7-26-8-10-31/h3-6,11-14,26H,7-10H2,1-2H3,(H,27,28,29,30). The minimum atomic E-state index is -0.462. The lowest BCUT2D eigenvalue weighted by molar-refractivity contribution is 0.0736. The van der Waals surface area contributed by atoms with Gasteiger partial charge < -0.3 is 15.5 Å². The molecule has 166 valence electrons. The van der Waals surface area contributed by atoms with E-state index < -0.39 is 5.82 Å². The first-order valence-corrected chi connectivity index (χ1v) is 10.8. The SMILES string of the molecule is CC(C)c1cnc(-c2cc(Cl)ccc2F)nc1Nc1ccncc1C(=O)N1CCNCC1. The van der Waals surface area contributed by atoms with Gasteiger partial charge in [-0.2, -0.15) is 0 Å². The Morgan fingerprint density at radius 1 is 1.22 bits per heavy atom. The molecular formula is C23H24ClFN6O. The van der Waals surface area contributed by atoms with Gasteiger partial charge in [0.25, 0.3) is 5.91 Å². The van der Waals surface area contributed by atoms with Crippen molar-refractivity contribution in [3.05, 3.63) is 64.8 Å². The molecule has 1 aliphatic heterocycles. The average Bonchev–Trinajstić information content (AvgIpc) is 2.81. The maximum atomic E-state index is 14.4. The van der Waals surface area contributed by atoms with Gasteiger partial charge in [-0.25, -0.2) is 14.4 Å². The molecule has 0 bridgehead atoms. The van der Waals surface area contributed by atoms with Crippen LogP contribution in [0.5, 0.6) is 0 Å². The third kappa shape index (κ3) is 4.71. The second-order valence-electron chi connectivity index (χ2n) is 7.86. The van der Waals surface area contributed by atoms with Crippen LogP contribution in [0.3, 0.4) is 0 Å². The van der Waals surface area contributed by atoms with Crippen molar-refractivity contribution in [1.82, 2.24) is 25.2 Å². The number of benzene rings is 1. The number of halogens is 2. The van der Waals surface area contributed by atoms with Gasteiger partial charge in [-0.15, -0.1) is 0 Å². The second-order valence-corrected chi connectivity index (χ2v) is 8.30. The zero-order valence-corrected chi connectivity index (χ0v) is 18.7. The van der Waals surface area contributed by atoms with Crippen molar-refractivity contribution in [3.63, 3.8) is 0 Å². The number of anilines is 2. The van der Waals surface area contributed by atoms with Gasteiger partial charge in [0.15, 0.2) is 5.82 Å². The van der Waals surface area contributed by atoms with E-state index in [-0.39, 0.29) is 23.2 Å². The van der Waals surface area contributed by atoms with Gasteiger partial charge in [-0.3, -0.25) is 9.78 Å². The van der Waals surface area contributed by atoms with Crippen LogP contribution < -0.4 is 10.6 Å². The number of aromatic nitrogens is 3. The Hall–Kier alpha value is -3.10. The van der Waals surface area contributed by atoms with Crippen LogP contribution in [0.25, 0.3) is 11.4 Å². The molecule has 3 aromatic rings. The third-order valence-electron chi connectivity index (χ3n) is 5.32. The Morgan fingerprint density at radius 2 is 2.00 bits per heavy atom. The van der Waals surface area contributed by atoms with Crippen LogP contribution in [0, 0.1) is 5.82 Å². The predicted molar refractivity (Wildman–Crippen MR) is 123 cm³/mol. The first-order chi connectivity index (χ1) is 15.4. The predicted octanol–water partition coefficient (Wildman–Crippen LogP) is 4.24. The topological polar surface area (TPSA) is 83.0 Å². The highest BCUT2D eigenvalue weighted by atomic mass is 35.5. The zero-order valence-electron chi connectivity index (χ0n) is 17.9. The van der Waals surface area contributed by atoms with E-state index in [4.69, 9.17) is 11.6 Å². The minimum Gasteiger partial charge on any atom is -0.339 e. The number of nitrogens with zero attached hydrogens (tertiary/aromatic N) is 4. The number of hydrogen-bond donors (Lipinski definition) is 2. The molecule has 1 fully saturated rings. The summed E-state index contributed by atoms with van der Waals surface area (Å²) in [5.41, 5.74) is 2.09. The first kappa shape index (κ1) is 22.1. The molecule has 0 saturated carbocycles. The highest BCUT2D eigenvalue weighted by Gasteiger charge is 2.22. The van der Waals surface area contributed by atoms with Crippen LogP contribution in [0.2, 0.25) is 5.02 Å². The number of pyridine rings is 1. The number of rotatable bonds is 5. The third-order valence-corrected chi connectivity index (χ3v) is 5.55. The summed E-state index contributed by atoms with van der Waals surface area (Å²) in [6.07, 6.45) is 4.85. The summed E-state index contributed by atoms with van der Waals surface area (Å²) in [5, 5.41) is 6.91. The lowest BCUT2D eigenvalue weighted by Crippen LogP contribution is -2.46. The summed E-state index contributed by atoms with van der Waals surface area (Å²) in [4.78, 5) is 28.0. The van der Waals surface area contributed by atoms with Crippen molar-refractivity contribution >= 4 is 29.0 Å². The van der Waals surface area contributed by atoms with Gasteiger partial charge in [0, 0.05) is 55.4 Å². The molecule has 7 nitrogen and oxygen atoms in total. The van der Waals surface area contributed by atoms with E-state index >= 15 is 0 Å². The summed E-state index contributed by atoms with van der Waals surface area (Å²) in [7, 11) is 0. The molecule has 2 aromatic heterocycles. The van der Waals surface area contributed by atoms with Crippen LogP contribution in [0.4, 0.5) is 15.9 Å². The Labute approximate surface area is 191 Å². The quantitative estimate of drug-likeness (QED) is 0.600. The lowest BCUT2D eigenvalue weighted by Gasteiger charge is -2.28. The Bertz CT molecular complexity index is 1130. The van der Waals surface area contributed by atoms with Gasteiger partial charge in [-0.05, 0) is 30.2 Å². The zero-order chi connectivity index (χ0) is 22.7. The van der Waals surface area contributed by atoms with E-state index in [1.165, 1.54) is 18.2 Å². The van der Waals surface area contributed by atoms with E-state index in [2.05, 4.69) is 25.6 Å². The van der Waals surface area contributed by atoms with Crippen molar-refractivity contribution in [3.8, 4) is 11.4 Å². The smallest absolute Gasteiger partial charge is 0.257 e. The van der Waals surface area contributed by atoms with Crippen LogP contribution >= 0.6 is 11.6 Å². The van der Waals surface area contributed by atoms with Crippen molar-refractivity contribution in [2.24, 2.45) is 0 Å². The van der Waals surface area contributed by atoms with Gasteiger partial charge in [0.05, 0.1) is 16.8 Å². The Kier molecular flexibility index (Phi) is 6.62. The van der Waals surface area contributed by atoms with Crippen LogP contribution in [0.1, 0.15) is 35.7 Å². The Balaban J connectivity index is 1.72. The molecule has 9 heteroatoms. The van der Waals surface area contributed by atoms with Crippen molar-refractivity contribution in [2.45, 2.75) is 19.8 Å². The lowest BCUT2D eigenvalue weighted by atomic mass is 10.1. The van der Waals surface area contributed by atoms with Gasteiger partial charge in [0.1, 0.15) is 11.6 Å². The van der Waals surface area contributed by atoms with E-state index in [0.29, 0.717) is 35.2 Å². The molecule has 0 atom stereocenters. The van der Waals surface area contributed by atoms with E-state index in [1.807, 2.05) is 13.8 Å². The van der Waals surface area contributed by atoms with Crippen molar-refractivity contribution in [1.29, 1.82) is 0 Å². The van der Waals surface area contributed by atoms with E-state index in [1.54, 1.807) is 29.6 Å². The van der Waals surface area contributed by atoms with Crippen LogP contribution in [0.15, 0.2) is 42.9 Å². The molecule has 1 aromatic carbocycles. The molecule has 0 radical (unpaired) electrons. The van der Waals surface area contributed by atoms with Crippen molar-refractivity contribution < 1.29 is 9.18 Å². The molecule has 32 heavy (non-hydrogen) atoms. The van der Waals surface area contributed by atoms with Crippen LogP contribution in [-0.2, 0) is 0 Å². The molecule has 3 heterocycles. The largest absolute Gasteiger partial charge is 0.339 e. The molecule has 1 saturated heterocycles. The fourth-order valence-electron chi connectivity index (χ4n) is 3.55. The average molecular weight is 455 g/mol. The summed E-state index contributed by atoms with van der Waals surface area (Å²) < 4.78 is 14.4. The molecule has 1 amide bonds. The first-order valence-electron chi connectivity index (χ1n) is 10.5. The Morgan fingerprint density at radius 3 is 2.75 bits per heavy atom. The van der Waals surface area contributed by atoms with E-state index in [0.717, 1.165) is 18.7 Å². The molecule has 4 rings (SSSR count). The number of carbonyl (C=O) groups excluding carboxylic acids is 1. The molecule has 0 spiro atoms. The highest BCUT2D eigenvalue weighted by molar-refractivity contribution is 6.30. The number of hydrogen-bond acceptors (Lipinski definition) is 6. The van der Waals surface area contributed by atoms with Gasteiger partial charge in [0.2, 0.25) is 0 Å². The molecular weight excluding hydrogens is 431 g/mol. The molecule has 2 N–H and O–H groups in total. The maximum Gasteiger partial charge on any atom is 0.257 e. The van der Waals surface area contributed by atoms with Gasteiger partial charge in [-0.1, -0.05) is 25.4 Å². The summed E-state index contributed by atoms with van der Waals surface area (Å²) in [6.45, 7) is 6.82. The van der Waals surface area contributed by atoms with E-state index in [9.17, 15) is 9.18 Å². The van der Waals surface area contributed by atoms with Crippen molar-refractivity contribution in [2.75, 3.05) is 31.5 Å². The minimum absolute atomic E-state index is 0.0941. The number of nitrogens with one attached hydrogen (secondary N) is 2. The number of piperazine rings is 1. The monoisotopic (exact) mass is 454 g/mol. The maximum absolute atomic E-state index is 14.4. The normalized spacial score (nSPS) is 14.0. The number of carbonyl (C=O) groups is 1. The fraction of sp³-hybridized carbons (Fsp3) is 0.304. The molecule has 0 unspecified atom stereocenters. The summed E-state index contributed by atoms with van der Waals surface area (Å²) in [6, 6.07) is 6.00.